The van der Waals surface area contributed by atoms with E-state index in [0.717, 1.165) is 10.2 Å². The molecule has 0 saturated heterocycles. The van der Waals surface area contributed by atoms with E-state index < -0.39 is 5.54 Å². The molecule has 0 fully saturated rings. The molecule has 0 radical (unpaired) electrons. The van der Waals surface area contributed by atoms with Crippen molar-refractivity contribution in [2.24, 2.45) is 0 Å². The number of hydrogen-bond acceptors (Lipinski definition) is 2. The van der Waals surface area contributed by atoms with E-state index in [1.807, 2.05) is 39.0 Å². The number of benzene rings is 1. The minimum absolute atomic E-state index is 0.533. The molecule has 1 aromatic carbocycles. The Kier molecular flexibility index (Phi) is 3.17. The van der Waals surface area contributed by atoms with Crippen LogP contribution in [0.2, 0.25) is 0 Å². The van der Waals surface area contributed by atoms with Gasteiger partial charge in [-0.1, -0.05) is 22.0 Å². The fourth-order valence-corrected chi connectivity index (χ4v) is 1.44. The molecule has 0 aliphatic heterocycles. The number of halogens is 1. The first-order valence-corrected chi connectivity index (χ1v) is 5.19. The fraction of sp³-hybridized carbons (Fsp3) is 0.364. The molecule has 74 valence electrons. The van der Waals surface area contributed by atoms with Gasteiger partial charge in [-0.3, -0.25) is 0 Å². The summed E-state index contributed by atoms with van der Waals surface area (Å²) in [7, 11) is 0. The number of rotatable bonds is 2. The van der Waals surface area contributed by atoms with Crippen LogP contribution in [0.3, 0.4) is 0 Å². The maximum absolute atomic E-state index is 8.86. The van der Waals surface area contributed by atoms with Gasteiger partial charge in [0.25, 0.3) is 0 Å². The lowest BCUT2D eigenvalue weighted by molar-refractivity contribution is 0.729. The van der Waals surface area contributed by atoms with E-state index in [-0.39, 0.29) is 0 Å². The minimum atomic E-state index is -0.533. The zero-order valence-corrected chi connectivity index (χ0v) is 10.1. The van der Waals surface area contributed by atoms with Crippen LogP contribution in [0.25, 0.3) is 0 Å². The third kappa shape index (κ3) is 2.74. The zero-order chi connectivity index (χ0) is 10.8. The highest BCUT2D eigenvalue weighted by Gasteiger charge is 2.15. The molecule has 0 heterocycles. The number of nitrogens with zero attached hydrogens (tertiary/aromatic N) is 1. The van der Waals surface area contributed by atoms with Crippen molar-refractivity contribution in [3.8, 4) is 6.07 Å². The van der Waals surface area contributed by atoms with Crippen molar-refractivity contribution >= 4 is 21.6 Å². The maximum Gasteiger partial charge on any atom is 0.119 e. The second kappa shape index (κ2) is 4.02. The molecule has 0 aliphatic rings. The predicted molar refractivity (Wildman–Crippen MR) is 62.2 cm³/mol. The molecule has 0 unspecified atom stereocenters. The monoisotopic (exact) mass is 252 g/mol. The van der Waals surface area contributed by atoms with E-state index in [4.69, 9.17) is 5.26 Å². The van der Waals surface area contributed by atoms with Crippen molar-refractivity contribution in [2.45, 2.75) is 26.3 Å². The van der Waals surface area contributed by atoms with Gasteiger partial charge in [-0.05, 0) is 38.5 Å². The van der Waals surface area contributed by atoms with Gasteiger partial charge in [-0.15, -0.1) is 0 Å². The molecule has 1 aromatic rings. The standard InChI is InChI=1S/C11H13BrN2/c1-8-4-5-9(6-10(8)12)14-11(2,3)7-13/h4-6,14H,1-3H3. The van der Waals surface area contributed by atoms with Gasteiger partial charge in [0.15, 0.2) is 0 Å². The van der Waals surface area contributed by atoms with E-state index >= 15 is 0 Å². The van der Waals surface area contributed by atoms with Gasteiger partial charge < -0.3 is 5.32 Å². The van der Waals surface area contributed by atoms with Crippen LogP contribution in [-0.4, -0.2) is 5.54 Å². The Bertz CT molecular complexity index is 377. The van der Waals surface area contributed by atoms with Crippen molar-refractivity contribution in [2.75, 3.05) is 5.32 Å². The van der Waals surface area contributed by atoms with Crippen LogP contribution >= 0.6 is 15.9 Å². The average Bonchev–Trinajstić information content (AvgIpc) is 2.11. The van der Waals surface area contributed by atoms with Crippen molar-refractivity contribution in [1.29, 1.82) is 5.26 Å². The summed E-state index contributed by atoms with van der Waals surface area (Å²) < 4.78 is 1.05. The first-order valence-electron chi connectivity index (χ1n) is 4.40. The SMILES string of the molecule is Cc1ccc(NC(C)(C)C#N)cc1Br. The molecule has 1 rings (SSSR count). The van der Waals surface area contributed by atoms with Gasteiger partial charge in [0.2, 0.25) is 0 Å². The van der Waals surface area contributed by atoms with Crippen LogP contribution in [0.1, 0.15) is 19.4 Å². The largest absolute Gasteiger partial charge is 0.368 e. The first-order chi connectivity index (χ1) is 6.44. The number of nitriles is 1. The lowest BCUT2D eigenvalue weighted by Crippen LogP contribution is -2.28. The number of hydrogen-bond donors (Lipinski definition) is 1. The van der Waals surface area contributed by atoms with Gasteiger partial charge >= 0.3 is 0 Å². The number of aryl methyl sites for hydroxylation is 1. The summed E-state index contributed by atoms with van der Waals surface area (Å²) in [4.78, 5) is 0. The Morgan fingerprint density at radius 3 is 2.57 bits per heavy atom. The Labute approximate surface area is 93.1 Å². The molecular formula is C11H13BrN2. The maximum atomic E-state index is 8.86. The summed E-state index contributed by atoms with van der Waals surface area (Å²) in [5.41, 5.74) is 1.61. The highest BCUT2D eigenvalue weighted by molar-refractivity contribution is 9.10. The number of anilines is 1. The Hall–Kier alpha value is -1.01. The molecule has 0 atom stereocenters. The molecule has 0 amide bonds. The van der Waals surface area contributed by atoms with Crippen LogP contribution in [0.5, 0.6) is 0 Å². The Morgan fingerprint density at radius 2 is 2.07 bits per heavy atom. The third-order valence-corrected chi connectivity index (χ3v) is 2.76. The zero-order valence-electron chi connectivity index (χ0n) is 8.56. The molecule has 1 N–H and O–H groups in total. The smallest absolute Gasteiger partial charge is 0.119 e. The molecule has 2 nitrogen and oxygen atoms in total. The van der Waals surface area contributed by atoms with E-state index in [1.54, 1.807) is 0 Å². The molecule has 0 bridgehead atoms. The lowest BCUT2D eigenvalue weighted by atomic mass is 10.1. The molecule has 0 saturated carbocycles. The van der Waals surface area contributed by atoms with Gasteiger partial charge in [-0.25, -0.2) is 0 Å². The van der Waals surface area contributed by atoms with Crippen molar-refractivity contribution < 1.29 is 0 Å². The second-order valence-corrected chi connectivity index (χ2v) is 4.68. The minimum Gasteiger partial charge on any atom is -0.368 e. The molecule has 0 aromatic heterocycles. The molecular weight excluding hydrogens is 240 g/mol. The van der Waals surface area contributed by atoms with Gasteiger partial charge in [0.05, 0.1) is 6.07 Å². The lowest BCUT2D eigenvalue weighted by Gasteiger charge is -2.19. The van der Waals surface area contributed by atoms with E-state index in [1.165, 1.54) is 5.56 Å². The van der Waals surface area contributed by atoms with Gasteiger partial charge in [0.1, 0.15) is 5.54 Å². The highest BCUT2D eigenvalue weighted by Crippen LogP contribution is 2.22. The summed E-state index contributed by atoms with van der Waals surface area (Å²) in [6, 6.07) is 8.16. The van der Waals surface area contributed by atoms with Crippen LogP contribution in [0.15, 0.2) is 22.7 Å². The van der Waals surface area contributed by atoms with Crippen LogP contribution in [0, 0.1) is 18.3 Å². The van der Waals surface area contributed by atoms with Gasteiger partial charge in [-0.2, -0.15) is 5.26 Å². The highest BCUT2D eigenvalue weighted by atomic mass is 79.9. The van der Waals surface area contributed by atoms with Crippen LogP contribution in [0.4, 0.5) is 5.69 Å². The Balaban J connectivity index is 2.90. The normalized spacial score (nSPS) is 10.8. The van der Waals surface area contributed by atoms with E-state index in [9.17, 15) is 0 Å². The molecule has 14 heavy (non-hydrogen) atoms. The van der Waals surface area contributed by atoms with Crippen LogP contribution < -0.4 is 5.32 Å². The summed E-state index contributed by atoms with van der Waals surface area (Å²) in [6.45, 7) is 5.73. The number of nitrogens with one attached hydrogen (secondary N) is 1. The third-order valence-electron chi connectivity index (χ3n) is 1.91. The summed E-state index contributed by atoms with van der Waals surface area (Å²) >= 11 is 3.45. The van der Waals surface area contributed by atoms with Crippen molar-refractivity contribution in [3.63, 3.8) is 0 Å². The van der Waals surface area contributed by atoms with Crippen molar-refractivity contribution in [3.05, 3.63) is 28.2 Å². The molecule has 0 spiro atoms. The molecule has 3 heteroatoms. The average molecular weight is 253 g/mol. The summed E-state index contributed by atoms with van der Waals surface area (Å²) in [6.07, 6.45) is 0. The summed E-state index contributed by atoms with van der Waals surface area (Å²) in [5, 5.41) is 12.0. The topological polar surface area (TPSA) is 35.8 Å². The predicted octanol–water partition coefficient (Wildman–Crippen LogP) is 3.47. The first kappa shape index (κ1) is 11.1. The van der Waals surface area contributed by atoms with E-state index in [2.05, 4.69) is 27.3 Å². The molecule has 0 aliphatic carbocycles. The Morgan fingerprint density at radius 1 is 1.43 bits per heavy atom. The van der Waals surface area contributed by atoms with E-state index in [0.29, 0.717) is 0 Å². The quantitative estimate of drug-likeness (QED) is 0.875. The fourth-order valence-electron chi connectivity index (χ4n) is 1.06. The van der Waals surface area contributed by atoms with Crippen molar-refractivity contribution in [1.82, 2.24) is 0 Å². The second-order valence-electron chi connectivity index (χ2n) is 3.83. The summed E-state index contributed by atoms with van der Waals surface area (Å²) in [5.74, 6) is 0. The van der Waals surface area contributed by atoms with Gasteiger partial charge in [0, 0.05) is 10.2 Å². The van der Waals surface area contributed by atoms with Crippen LogP contribution in [-0.2, 0) is 0 Å².